The number of anilines is 1. The lowest BCUT2D eigenvalue weighted by atomic mass is 10.1. The van der Waals surface area contributed by atoms with E-state index in [1.807, 2.05) is 0 Å². The molecule has 0 N–H and O–H groups in total. The van der Waals surface area contributed by atoms with Crippen LogP contribution in [0.2, 0.25) is 5.15 Å². The number of aromatic nitrogens is 1. The van der Waals surface area contributed by atoms with Crippen LogP contribution in [0.15, 0.2) is 60.8 Å². The Kier molecular flexibility index (Phi) is 5.20. The number of ether oxygens (including phenoxy) is 2. The Morgan fingerprint density at radius 3 is 2.33 bits per heavy atom. The molecule has 0 atom stereocenters. The third-order valence-electron chi connectivity index (χ3n) is 4.60. The zero-order valence-electron chi connectivity index (χ0n) is 15.8. The predicted octanol–water partition coefficient (Wildman–Crippen LogP) is 3.90. The summed E-state index contributed by atoms with van der Waals surface area (Å²) < 4.78 is 10.6. The van der Waals surface area contributed by atoms with Crippen molar-refractivity contribution in [3.63, 3.8) is 0 Å². The molecule has 4 rings (SSSR count). The third-order valence-corrected chi connectivity index (χ3v) is 4.83. The number of amides is 2. The zero-order chi connectivity index (χ0) is 21.3. The monoisotopic (exact) mass is 422 g/mol. The summed E-state index contributed by atoms with van der Waals surface area (Å²) in [5, 5.41) is 0.372. The molecule has 150 valence electrons. The summed E-state index contributed by atoms with van der Waals surface area (Å²) >= 11 is 5.77. The molecule has 0 fully saturated rings. The number of benzene rings is 2. The van der Waals surface area contributed by atoms with Gasteiger partial charge in [0.25, 0.3) is 11.8 Å². The Labute approximate surface area is 176 Å². The minimum absolute atomic E-state index is 0.0405. The first kappa shape index (κ1) is 19.6. The quantitative estimate of drug-likeness (QED) is 0.352. The molecule has 0 saturated heterocycles. The van der Waals surface area contributed by atoms with Gasteiger partial charge in [-0.15, -0.1) is 0 Å². The van der Waals surface area contributed by atoms with Crippen LogP contribution >= 0.6 is 11.6 Å². The van der Waals surface area contributed by atoms with Gasteiger partial charge in [-0.25, -0.2) is 14.7 Å². The third kappa shape index (κ3) is 3.51. The lowest BCUT2D eigenvalue weighted by Crippen LogP contribution is -2.31. The highest BCUT2D eigenvalue weighted by Gasteiger charge is 2.38. The molecule has 0 aliphatic carbocycles. The van der Waals surface area contributed by atoms with Gasteiger partial charge < -0.3 is 9.47 Å². The van der Waals surface area contributed by atoms with Crippen LogP contribution in [-0.4, -0.2) is 29.9 Å². The minimum Gasteiger partial charge on any atom is -0.489 e. The average Bonchev–Trinajstić information content (AvgIpc) is 3.03. The summed E-state index contributed by atoms with van der Waals surface area (Å²) in [7, 11) is 1.22. The smallest absolute Gasteiger partial charge is 0.340 e. The molecule has 0 bridgehead atoms. The highest BCUT2D eigenvalue weighted by atomic mass is 35.5. The van der Waals surface area contributed by atoms with Crippen LogP contribution in [0.3, 0.4) is 0 Å². The number of fused-ring (bicyclic) bond motifs is 1. The summed E-state index contributed by atoms with van der Waals surface area (Å²) in [5.74, 6) is -1.32. The Balaban J connectivity index is 1.66. The summed E-state index contributed by atoms with van der Waals surface area (Å²) in [4.78, 5) is 42.9. The summed E-state index contributed by atoms with van der Waals surface area (Å²) in [6.07, 6.45) is 1.58. The van der Waals surface area contributed by atoms with E-state index in [-0.39, 0.29) is 29.0 Å². The maximum absolute atomic E-state index is 12.8. The molecule has 2 heterocycles. The molecule has 1 aromatic heterocycles. The first-order chi connectivity index (χ1) is 14.5. The second kappa shape index (κ2) is 7.96. The fraction of sp³-hybridized carbons (Fsp3) is 0.0909. The second-order valence-electron chi connectivity index (χ2n) is 6.44. The molecule has 2 amide bonds. The number of carbonyl (C=O) groups is 3. The van der Waals surface area contributed by atoms with Gasteiger partial charge in [-0.05, 0) is 36.4 Å². The van der Waals surface area contributed by atoms with E-state index in [2.05, 4.69) is 4.98 Å². The molecule has 8 heteroatoms. The van der Waals surface area contributed by atoms with Crippen molar-refractivity contribution in [2.24, 2.45) is 0 Å². The van der Waals surface area contributed by atoms with Crippen molar-refractivity contribution in [3.8, 4) is 5.75 Å². The van der Waals surface area contributed by atoms with E-state index in [0.29, 0.717) is 10.9 Å². The predicted molar refractivity (Wildman–Crippen MR) is 109 cm³/mol. The van der Waals surface area contributed by atoms with E-state index in [0.717, 1.165) is 10.5 Å². The number of imide groups is 1. The second-order valence-corrected chi connectivity index (χ2v) is 6.83. The van der Waals surface area contributed by atoms with Crippen molar-refractivity contribution in [3.05, 3.63) is 88.2 Å². The average molecular weight is 423 g/mol. The zero-order valence-corrected chi connectivity index (χ0v) is 16.6. The van der Waals surface area contributed by atoms with Crippen molar-refractivity contribution < 1.29 is 23.9 Å². The first-order valence-electron chi connectivity index (χ1n) is 8.93. The van der Waals surface area contributed by atoms with Crippen LogP contribution in [0, 0.1) is 0 Å². The van der Waals surface area contributed by atoms with Gasteiger partial charge in [0.15, 0.2) is 0 Å². The van der Waals surface area contributed by atoms with Gasteiger partial charge in [0.05, 0.1) is 29.5 Å². The van der Waals surface area contributed by atoms with Crippen LogP contribution in [0.1, 0.15) is 36.6 Å². The van der Waals surface area contributed by atoms with Gasteiger partial charge in [-0.1, -0.05) is 29.8 Å². The van der Waals surface area contributed by atoms with Crippen LogP contribution in [0.25, 0.3) is 0 Å². The van der Waals surface area contributed by atoms with Crippen LogP contribution in [-0.2, 0) is 11.3 Å². The van der Waals surface area contributed by atoms with E-state index in [9.17, 15) is 14.4 Å². The summed E-state index contributed by atoms with van der Waals surface area (Å²) in [6.45, 7) is 0.192. The minimum atomic E-state index is -0.694. The molecule has 30 heavy (non-hydrogen) atoms. The summed E-state index contributed by atoms with van der Waals surface area (Å²) in [5.41, 5.74) is 1.53. The Morgan fingerprint density at radius 2 is 1.73 bits per heavy atom. The Morgan fingerprint density at radius 1 is 1.03 bits per heavy atom. The number of esters is 1. The highest BCUT2D eigenvalue weighted by molar-refractivity contribution is 6.35. The number of rotatable bonds is 5. The number of methoxy groups -OCH3 is 1. The van der Waals surface area contributed by atoms with Crippen LogP contribution in [0.4, 0.5) is 5.69 Å². The van der Waals surface area contributed by atoms with Crippen molar-refractivity contribution in [2.45, 2.75) is 6.61 Å². The van der Waals surface area contributed by atoms with E-state index in [1.165, 1.54) is 19.2 Å². The van der Waals surface area contributed by atoms with Crippen LogP contribution < -0.4 is 9.64 Å². The molecule has 2 aromatic carbocycles. The maximum Gasteiger partial charge on any atom is 0.340 e. The Hall–Kier alpha value is -3.71. The maximum atomic E-state index is 12.8. The van der Waals surface area contributed by atoms with Gasteiger partial charge in [-0.2, -0.15) is 0 Å². The van der Waals surface area contributed by atoms with E-state index < -0.39 is 17.8 Å². The lowest BCUT2D eigenvalue weighted by molar-refractivity contribution is 0.0601. The topological polar surface area (TPSA) is 85.8 Å². The lowest BCUT2D eigenvalue weighted by Gasteiger charge is -2.18. The van der Waals surface area contributed by atoms with Gasteiger partial charge in [0.2, 0.25) is 0 Å². The molecule has 1 aliphatic rings. The molecule has 0 spiro atoms. The molecule has 1 aliphatic heterocycles. The Bertz CT molecular complexity index is 1130. The number of nitrogens with zero attached hydrogens (tertiary/aromatic N) is 2. The SMILES string of the molecule is COC(=O)c1cc(OCc2ccc(Cl)nc2)ccc1N1C(=O)c2ccccc2C1=O. The summed E-state index contributed by atoms with van der Waals surface area (Å²) in [6, 6.07) is 14.4. The van der Waals surface area contributed by atoms with Gasteiger partial charge in [-0.3, -0.25) is 9.59 Å². The van der Waals surface area contributed by atoms with Crippen molar-refractivity contribution in [2.75, 3.05) is 12.0 Å². The van der Waals surface area contributed by atoms with Crippen molar-refractivity contribution >= 4 is 35.1 Å². The van der Waals surface area contributed by atoms with E-state index >= 15 is 0 Å². The van der Waals surface area contributed by atoms with Gasteiger partial charge >= 0.3 is 5.97 Å². The number of hydrogen-bond acceptors (Lipinski definition) is 6. The fourth-order valence-electron chi connectivity index (χ4n) is 3.14. The molecule has 0 saturated carbocycles. The number of halogens is 1. The van der Waals surface area contributed by atoms with Gasteiger partial charge in [0, 0.05) is 11.8 Å². The standard InChI is InChI=1S/C22H15ClN2O5/c1-29-22(28)17-10-14(30-12-13-6-9-19(23)24-11-13)7-8-18(17)25-20(26)15-4-2-3-5-16(15)21(25)27/h2-11H,12H2,1H3. The number of carbonyl (C=O) groups excluding carboxylic acids is 3. The molecule has 3 aromatic rings. The first-order valence-corrected chi connectivity index (χ1v) is 9.31. The molecular formula is C22H15ClN2O5. The van der Waals surface area contributed by atoms with Gasteiger partial charge in [0.1, 0.15) is 17.5 Å². The van der Waals surface area contributed by atoms with Crippen LogP contribution in [0.5, 0.6) is 5.75 Å². The number of pyridine rings is 1. The molecular weight excluding hydrogens is 408 g/mol. The number of hydrogen-bond donors (Lipinski definition) is 0. The largest absolute Gasteiger partial charge is 0.489 e. The molecule has 7 nitrogen and oxygen atoms in total. The fourth-order valence-corrected chi connectivity index (χ4v) is 3.25. The highest BCUT2D eigenvalue weighted by Crippen LogP contribution is 2.33. The molecule has 0 unspecified atom stereocenters. The van der Waals surface area contributed by atoms with E-state index in [1.54, 1.807) is 48.7 Å². The molecule has 0 radical (unpaired) electrons. The van der Waals surface area contributed by atoms with E-state index in [4.69, 9.17) is 21.1 Å². The van der Waals surface area contributed by atoms with Crippen molar-refractivity contribution in [1.29, 1.82) is 0 Å². The van der Waals surface area contributed by atoms with Crippen molar-refractivity contribution in [1.82, 2.24) is 4.98 Å². The normalized spacial score (nSPS) is 12.7.